The number of rotatable bonds is 8. The summed E-state index contributed by atoms with van der Waals surface area (Å²) in [6.07, 6.45) is 0. The van der Waals surface area contributed by atoms with E-state index in [1.165, 1.54) is 25.3 Å². The number of ether oxygens (including phenoxy) is 1. The van der Waals surface area contributed by atoms with Gasteiger partial charge < -0.3 is 10.1 Å². The molecule has 0 saturated carbocycles. The molecule has 0 spiro atoms. The zero-order chi connectivity index (χ0) is 23.3. The molecule has 0 heterocycles. The van der Waals surface area contributed by atoms with Crippen LogP contribution in [0.5, 0.6) is 5.75 Å². The van der Waals surface area contributed by atoms with E-state index < -0.39 is 22.5 Å². The van der Waals surface area contributed by atoms with E-state index in [0.29, 0.717) is 27.0 Å². The van der Waals surface area contributed by atoms with E-state index >= 15 is 0 Å². The van der Waals surface area contributed by atoms with Gasteiger partial charge in [-0.2, -0.15) is 4.31 Å². The summed E-state index contributed by atoms with van der Waals surface area (Å²) in [5, 5.41) is 3.49. The molecular weight excluding hydrogens is 471 g/mol. The highest BCUT2D eigenvalue weighted by Crippen LogP contribution is 2.28. The van der Waals surface area contributed by atoms with Gasteiger partial charge in [-0.05, 0) is 48.9 Å². The van der Waals surface area contributed by atoms with Gasteiger partial charge in [-0.15, -0.1) is 0 Å². The van der Waals surface area contributed by atoms with Crippen LogP contribution in [0.3, 0.4) is 0 Å². The van der Waals surface area contributed by atoms with Crippen LogP contribution in [0.1, 0.15) is 11.1 Å². The first-order chi connectivity index (χ1) is 15.2. The summed E-state index contributed by atoms with van der Waals surface area (Å²) in [7, 11) is -2.52. The van der Waals surface area contributed by atoms with Crippen LogP contribution >= 0.6 is 23.2 Å². The number of amides is 1. The lowest BCUT2D eigenvalue weighted by atomic mass is 10.2. The minimum absolute atomic E-state index is 0.0734. The van der Waals surface area contributed by atoms with Crippen LogP contribution in [0.25, 0.3) is 0 Å². The molecule has 0 radical (unpaired) electrons. The van der Waals surface area contributed by atoms with Crippen LogP contribution in [0.15, 0.2) is 71.6 Å². The first-order valence-electron chi connectivity index (χ1n) is 9.64. The van der Waals surface area contributed by atoms with E-state index in [-0.39, 0.29) is 11.4 Å². The molecule has 0 atom stereocenters. The lowest BCUT2D eigenvalue weighted by molar-refractivity contribution is -0.116. The normalized spacial score (nSPS) is 11.4. The summed E-state index contributed by atoms with van der Waals surface area (Å²) in [6.45, 7) is 1.36. The fourth-order valence-corrected chi connectivity index (χ4v) is 4.77. The van der Waals surface area contributed by atoms with E-state index in [9.17, 15) is 13.2 Å². The number of anilines is 1. The third-order valence-electron chi connectivity index (χ3n) is 4.72. The fraction of sp³-hybridized carbons (Fsp3) is 0.174. The van der Waals surface area contributed by atoms with Crippen molar-refractivity contribution in [2.75, 3.05) is 19.0 Å². The van der Waals surface area contributed by atoms with E-state index in [2.05, 4.69) is 5.32 Å². The van der Waals surface area contributed by atoms with Crippen molar-refractivity contribution >= 4 is 44.8 Å². The van der Waals surface area contributed by atoms with Crippen molar-refractivity contribution in [2.45, 2.75) is 18.4 Å². The maximum absolute atomic E-state index is 13.4. The highest BCUT2D eigenvalue weighted by atomic mass is 35.5. The third-order valence-corrected chi connectivity index (χ3v) is 7.13. The Balaban J connectivity index is 1.92. The summed E-state index contributed by atoms with van der Waals surface area (Å²) in [4.78, 5) is 12.9. The van der Waals surface area contributed by atoms with E-state index in [4.69, 9.17) is 27.9 Å². The SMILES string of the molecule is COc1ccc(Cl)cc1NC(=O)CN(Cc1ccccc1Cl)S(=O)(=O)c1ccc(C)cc1. The maximum Gasteiger partial charge on any atom is 0.243 e. The molecule has 1 amide bonds. The van der Waals surface area contributed by atoms with Gasteiger partial charge in [0.1, 0.15) is 5.75 Å². The minimum atomic E-state index is -3.99. The van der Waals surface area contributed by atoms with Crippen molar-refractivity contribution in [1.29, 1.82) is 0 Å². The topological polar surface area (TPSA) is 75.7 Å². The second-order valence-electron chi connectivity index (χ2n) is 7.07. The Morgan fingerprint density at radius 1 is 1.03 bits per heavy atom. The number of sulfonamides is 1. The van der Waals surface area contributed by atoms with Gasteiger partial charge in [0.05, 0.1) is 24.2 Å². The van der Waals surface area contributed by atoms with Gasteiger partial charge in [0.15, 0.2) is 0 Å². The molecule has 0 aliphatic heterocycles. The lowest BCUT2D eigenvalue weighted by Gasteiger charge is -2.23. The number of carbonyl (C=O) groups excluding carboxylic acids is 1. The van der Waals surface area contributed by atoms with Crippen molar-refractivity contribution in [3.8, 4) is 5.75 Å². The summed E-state index contributed by atoms with van der Waals surface area (Å²) >= 11 is 12.3. The van der Waals surface area contributed by atoms with Gasteiger partial charge >= 0.3 is 0 Å². The second kappa shape index (κ2) is 10.4. The van der Waals surface area contributed by atoms with Crippen molar-refractivity contribution in [1.82, 2.24) is 4.31 Å². The van der Waals surface area contributed by atoms with Crippen LogP contribution in [0.2, 0.25) is 10.0 Å². The smallest absolute Gasteiger partial charge is 0.243 e. The van der Waals surface area contributed by atoms with Gasteiger partial charge in [-0.1, -0.05) is 59.1 Å². The van der Waals surface area contributed by atoms with Crippen LogP contribution in [0, 0.1) is 6.92 Å². The predicted octanol–water partition coefficient (Wildman–Crippen LogP) is 5.14. The highest BCUT2D eigenvalue weighted by molar-refractivity contribution is 7.89. The van der Waals surface area contributed by atoms with Crippen LogP contribution in [-0.2, 0) is 21.4 Å². The molecule has 0 aliphatic carbocycles. The van der Waals surface area contributed by atoms with Crippen molar-refractivity contribution < 1.29 is 17.9 Å². The number of aryl methyl sites for hydroxylation is 1. The number of hydrogen-bond donors (Lipinski definition) is 1. The number of carbonyl (C=O) groups is 1. The van der Waals surface area contributed by atoms with Crippen LogP contribution < -0.4 is 10.1 Å². The molecule has 9 heteroatoms. The van der Waals surface area contributed by atoms with Crippen molar-refractivity contribution in [3.05, 3.63) is 87.9 Å². The van der Waals surface area contributed by atoms with Gasteiger partial charge in [-0.25, -0.2) is 8.42 Å². The molecule has 3 aromatic rings. The molecule has 32 heavy (non-hydrogen) atoms. The maximum atomic E-state index is 13.4. The largest absolute Gasteiger partial charge is 0.495 e. The minimum Gasteiger partial charge on any atom is -0.495 e. The number of nitrogens with one attached hydrogen (secondary N) is 1. The molecule has 3 rings (SSSR count). The number of methoxy groups -OCH3 is 1. The molecule has 0 saturated heterocycles. The Bertz CT molecular complexity index is 1210. The molecule has 6 nitrogen and oxygen atoms in total. The van der Waals surface area contributed by atoms with E-state index in [1.807, 2.05) is 6.92 Å². The quantitative estimate of drug-likeness (QED) is 0.472. The Morgan fingerprint density at radius 3 is 2.38 bits per heavy atom. The Labute approximate surface area is 197 Å². The Hall–Kier alpha value is -2.58. The first kappa shape index (κ1) is 24.1. The number of nitrogens with zero attached hydrogens (tertiary/aromatic N) is 1. The van der Waals surface area contributed by atoms with Gasteiger partial charge in [0, 0.05) is 16.6 Å². The summed E-state index contributed by atoms with van der Waals surface area (Å²) < 4.78 is 33.1. The van der Waals surface area contributed by atoms with Crippen LogP contribution in [0.4, 0.5) is 5.69 Å². The van der Waals surface area contributed by atoms with Crippen molar-refractivity contribution in [3.63, 3.8) is 0 Å². The molecule has 1 N–H and O–H groups in total. The zero-order valence-electron chi connectivity index (χ0n) is 17.5. The predicted molar refractivity (Wildman–Crippen MR) is 127 cm³/mol. The second-order valence-corrected chi connectivity index (χ2v) is 9.85. The van der Waals surface area contributed by atoms with Gasteiger partial charge in [0.25, 0.3) is 0 Å². The molecule has 168 valence electrons. The van der Waals surface area contributed by atoms with Gasteiger partial charge in [0.2, 0.25) is 15.9 Å². The molecule has 0 aliphatic rings. The monoisotopic (exact) mass is 492 g/mol. The first-order valence-corrected chi connectivity index (χ1v) is 11.8. The van der Waals surface area contributed by atoms with E-state index in [0.717, 1.165) is 9.87 Å². The average Bonchev–Trinajstić information content (AvgIpc) is 2.75. The van der Waals surface area contributed by atoms with Crippen molar-refractivity contribution in [2.24, 2.45) is 0 Å². The third kappa shape index (κ3) is 5.81. The van der Waals surface area contributed by atoms with Gasteiger partial charge in [-0.3, -0.25) is 4.79 Å². The molecule has 0 bridgehead atoms. The fourth-order valence-electron chi connectivity index (χ4n) is 3.03. The lowest BCUT2D eigenvalue weighted by Crippen LogP contribution is -2.37. The van der Waals surface area contributed by atoms with E-state index in [1.54, 1.807) is 48.5 Å². The average molecular weight is 493 g/mol. The Morgan fingerprint density at radius 2 is 1.72 bits per heavy atom. The molecule has 3 aromatic carbocycles. The molecular formula is C23H22Cl2N2O4S. The molecule has 0 aromatic heterocycles. The molecule has 0 unspecified atom stereocenters. The summed E-state index contributed by atoms with van der Waals surface area (Å²) in [5.41, 5.74) is 1.85. The standard InChI is InChI=1S/C23H22Cl2N2O4S/c1-16-7-10-19(11-8-16)32(29,30)27(14-17-5-3-4-6-20(17)25)15-23(28)26-21-13-18(24)9-12-22(21)31-2/h3-13H,14-15H2,1-2H3,(H,26,28). The highest BCUT2D eigenvalue weighted by Gasteiger charge is 2.28. The number of benzene rings is 3. The summed E-state index contributed by atoms with van der Waals surface area (Å²) in [6, 6.07) is 18.1. The number of hydrogen-bond acceptors (Lipinski definition) is 4. The Kier molecular flexibility index (Phi) is 7.79. The zero-order valence-corrected chi connectivity index (χ0v) is 19.8. The summed E-state index contributed by atoms with van der Waals surface area (Å²) in [5.74, 6) is -0.143. The number of halogens is 2. The molecule has 0 fully saturated rings. The van der Waals surface area contributed by atoms with Crippen LogP contribution in [-0.4, -0.2) is 32.3 Å².